The van der Waals surface area contributed by atoms with E-state index >= 15 is 0 Å². The Kier molecular flexibility index (Phi) is 4.66. The second kappa shape index (κ2) is 6.70. The number of aryl methyl sites for hydroxylation is 1. The Morgan fingerprint density at radius 2 is 2.17 bits per heavy atom. The summed E-state index contributed by atoms with van der Waals surface area (Å²) in [6, 6.07) is 1.83. The molecule has 1 aliphatic heterocycles. The van der Waals surface area contributed by atoms with E-state index in [0.717, 1.165) is 19.6 Å². The van der Waals surface area contributed by atoms with E-state index in [9.17, 15) is 9.59 Å². The zero-order valence-corrected chi connectivity index (χ0v) is 13.4. The van der Waals surface area contributed by atoms with Crippen LogP contribution in [0.2, 0.25) is 0 Å². The number of carbonyl (C=O) groups is 2. The Labute approximate surface area is 135 Å². The molecule has 1 aromatic rings. The number of hydrogen-bond acceptors (Lipinski definition) is 4. The smallest absolute Gasteiger partial charge is 0.304 e. The first-order chi connectivity index (χ1) is 11.1. The minimum absolute atomic E-state index is 0.0931. The van der Waals surface area contributed by atoms with Gasteiger partial charge in [-0.05, 0) is 37.7 Å². The molecule has 2 aliphatic rings. The Hall–Kier alpha value is -1.89. The van der Waals surface area contributed by atoms with E-state index in [1.165, 1.54) is 12.8 Å². The maximum atomic E-state index is 12.4. The average molecular weight is 320 g/mol. The normalized spacial score (nSPS) is 24.7. The molecule has 23 heavy (non-hydrogen) atoms. The number of hydrogen-bond donors (Lipinski definition) is 2. The fourth-order valence-corrected chi connectivity index (χ4v) is 3.41. The summed E-state index contributed by atoms with van der Waals surface area (Å²) in [7, 11) is 0. The number of aliphatic carboxylic acids is 1. The van der Waals surface area contributed by atoms with Crippen molar-refractivity contribution < 1.29 is 14.7 Å². The minimum Gasteiger partial charge on any atom is -0.481 e. The number of nitrogens with one attached hydrogen (secondary N) is 1. The molecule has 7 heteroatoms. The van der Waals surface area contributed by atoms with E-state index in [1.807, 2.05) is 6.92 Å². The molecule has 0 bridgehead atoms. The molecular formula is C16H24N4O3. The molecule has 3 rings (SSSR count). The first kappa shape index (κ1) is 16.0. The van der Waals surface area contributed by atoms with Gasteiger partial charge >= 0.3 is 5.97 Å². The second-order valence-electron chi connectivity index (χ2n) is 6.54. The lowest BCUT2D eigenvalue weighted by atomic mass is 9.98. The van der Waals surface area contributed by atoms with Crippen molar-refractivity contribution in [2.75, 3.05) is 19.6 Å². The summed E-state index contributed by atoms with van der Waals surface area (Å²) < 4.78 is 1.74. The highest BCUT2D eigenvalue weighted by atomic mass is 16.4. The summed E-state index contributed by atoms with van der Waals surface area (Å²) in [5.74, 6) is 0.197. The Morgan fingerprint density at radius 1 is 1.39 bits per heavy atom. The first-order valence-corrected chi connectivity index (χ1v) is 8.35. The Morgan fingerprint density at radius 3 is 2.78 bits per heavy atom. The van der Waals surface area contributed by atoms with Gasteiger partial charge in [0.15, 0.2) is 0 Å². The van der Waals surface area contributed by atoms with Crippen LogP contribution in [0.4, 0.5) is 0 Å². The third-order valence-electron chi connectivity index (χ3n) is 4.82. The number of nitrogens with zero attached hydrogens (tertiary/aromatic N) is 3. The number of likely N-dealkylation sites (tertiary alicyclic amines) is 1. The summed E-state index contributed by atoms with van der Waals surface area (Å²) in [5.41, 5.74) is 0.449. The van der Waals surface area contributed by atoms with Crippen molar-refractivity contribution >= 4 is 11.9 Å². The van der Waals surface area contributed by atoms with Crippen LogP contribution in [0.5, 0.6) is 0 Å². The van der Waals surface area contributed by atoms with Crippen LogP contribution in [0, 0.1) is 11.8 Å². The van der Waals surface area contributed by atoms with Crippen LogP contribution >= 0.6 is 0 Å². The van der Waals surface area contributed by atoms with Gasteiger partial charge in [-0.1, -0.05) is 0 Å². The molecule has 1 aromatic heterocycles. The van der Waals surface area contributed by atoms with Crippen molar-refractivity contribution in [3.8, 4) is 0 Å². The van der Waals surface area contributed by atoms with Crippen molar-refractivity contribution in [1.82, 2.24) is 20.0 Å². The van der Waals surface area contributed by atoms with E-state index in [1.54, 1.807) is 16.9 Å². The number of aromatic nitrogens is 2. The molecule has 0 unspecified atom stereocenters. The van der Waals surface area contributed by atoms with Gasteiger partial charge in [0.2, 0.25) is 0 Å². The van der Waals surface area contributed by atoms with Crippen molar-refractivity contribution in [3.05, 3.63) is 18.0 Å². The van der Waals surface area contributed by atoms with E-state index in [0.29, 0.717) is 24.1 Å². The quantitative estimate of drug-likeness (QED) is 0.776. The monoisotopic (exact) mass is 320 g/mol. The van der Waals surface area contributed by atoms with Gasteiger partial charge in [-0.25, -0.2) is 0 Å². The molecule has 0 aromatic carbocycles. The fraction of sp³-hybridized carbons (Fsp3) is 0.688. The predicted molar refractivity (Wildman–Crippen MR) is 84.1 cm³/mol. The molecule has 2 heterocycles. The SMILES string of the molecule is CCn1ccc(C(=O)N[C@@H]2CN(CCC(=O)O)C[C@H]2C2CC2)n1. The predicted octanol–water partition coefficient (Wildman–Crippen LogP) is 0.818. The third-order valence-corrected chi connectivity index (χ3v) is 4.82. The summed E-state index contributed by atoms with van der Waals surface area (Å²) in [6.45, 7) is 4.88. The number of carboxylic acids is 1. The van der Waals surface area contributed by atoms with Gasteiger partial charge in [0.05, 0.1) is 6.42 Å². The lowest BCUT2D eigenvalue weighted by Gasteiger charge is -2.18. The number of carboxylic acid groups (broad SMARTS) is 1. The zero-order valence-electron chi connectivity index (χ0n) is 13.4. The van der Waals surface area contributed by atoms with E-state index in [2.05, 4.69) is 15.3 Å². The van der Waals surface area contributed by atoms with Gasteiger partial charge < -0.3 is 15.3 Å². The number of carbonyl (C=O) groups excluding carboxylic acids is 1. The van der Waals surface area contributed by atoms with Gasteiger partial charge in [-0.15, -0.1) is 0 Å². The van der Waals surface area contributed by atoms with Crippen molar-refractivity contribution in [3.63, 3.8) is 0 Å². The van der Waals surface area contributed by atoms with Crippen LogP contribution in [0.25, 0.3) is 0 Å². The van der Waals surface area contributed by atoms with Gasteiger partial charge in [0.25, 0.3) is 5.91 Å². The van der Waals surface area contributed by atoms with Gasteiger partial charge in [-0.3, -0.25) is 14.3 Å². The lowest BCUT2D eigenvalue weighted by molar-refractivity contribution is -0.137. The molecule has 0 radical (unpaired) electrons. The zero-order chi connectivity index (χ0) is 16.4. The van der Waals surface area contributed by atoms with Crippen molar-refractivity contribution in [2.24, 2.45) is 11.8 Å². The highest BCUT2D eigenvalue weighted by Gasteiger charge is 2.43. The maximum absolute atomic E-state index is 12.4. The molecule has 7 nitrogen and oxygen atoms in total. The van der Waals surface area contributed by atoms with Gasteiger partial charge in [0.1, 0.15) is 5.69 Å². The second-order valence-corrected chi connectivity index (χ2v) is 6.54. The summed E-state index contributed by atoms with van der Waals surface area (Å²) in [5, 5.41) is 16.2. The third kappa shape index (κ3) is 3.90. The number of amides is 1. The van der Waals surface area contributed by atoms with Crippen LogP contribution in [0.1, 0.15) is 36.7 Å². The van der Waals surface area contributed by atoms with Crippen LogP contribution in [0.15, 0.2) is 12.3 Å². The van der Waals surface area contributed by atoms with E-state index < -0.39 is 5.97 Å². The molecule has 1 aliphatic carbocycles. The summed E-state index contributed by atoms with van der Waals surface area (Å²) >= 11 is 0. The van der Waals surface area contributed by atoms with Crippen LogP contribution in [-0.4, -0.2) is 57.3 Å². The van der Waals surface area contributed by atoms with E-state index in [4.69, 9.17) is 5.11 Å². The largest absolute Gasteiger partial charge is 0.481 e. The fourth-order valence-electron chi connectivity index (χ4n) is 3.41. The Balaban J connectivity index is 1.60. The minimum atomic E-state index is -0.773. The molecule has 2 N–H and O–H groups in total. The standard InChI is InChI=1S/C16H24N4O3/c1-2-20-8-5-13(18-20)16(23)17-14-10-19(7-6-15(21)22)9-12(14)11-3-4-11/h5,8,11-12,14H,2-4,6-7,9-10H2,1H3,(H,17,23)(H,21,22)/t12-,14+/m0/s1. The van der Waals surface area contributed by atoms with Crippen molar-refractivity contribution in [2.45, 2.75) is 38.8 Å². The average Bonchev–Trinajstić information content (AvgIpc) is 3.11. The molecule has 2 atom stereocenters. The van der Waals surface area contributed by atoms with E-state index in [-0.39, 0.29) is 18.4 Å². The van der Waals surface area contributed by atoms with Gasteiger partial charge in [0, 0.05) is 38.4 Å². The lowest BCUT2D eigenvalue weighted by Crippen LogP contribution is -2.41. The molecule has 2 fully saturated rings. The first-order valence-electron chi connectivity index (χ1n) is 8.35. The number of rotatable bonds is 7. The van der Waals surface area contributed by atoms with Gasteiger partial charge in [-0.2, -0.15) is 5.10 Å². The summed E-state index contributed by atoms with van der Waals surface area (Å²) in [4.78, 5) is 25.3. The molecule has 126 valence electrons. The highest BCUT2D eigenvalue weighted by molar-refractivity contribution is 5.92. The highest BCUT2D eigenvalue weighted by Crippen LogP contribution is 2.41. The molecule has 1 saturated heterocycles. The molecule has 0 spiro atoms. The van der Waals surface area contributed by atoms with Crippen LogP contribution in [0.3, 0.4) is 0 Å². The maximum Gasteiger partial charge on any atom is 0.304 e. The molecule has 1 amide bonds. The summed E-state index contributed by atoms with van der Waals surface area (Å²) in [6.07, 6.45) is 4.39. The molecule has 1 saturated carbocycles. The Bertz CT molecular complexity index is 582. The van der Waals surface area contributed by atoms with Crippen LogP contribution < -0.4 is 5.32 Å². The topological polar surface area (TPSA) is 87.5 Å². The van der Waals surface area contributed by atoms with Crippen molar-refractivity contribution in [1.29, 1.82) is 0 Å². The molecular weight excluding hydrogens is 296 g/mol. The van der Waals surface area contributed by atoms with Crippen LogP contribution in [-0.2, 0) is 11.3 Å².